The van der Waals surface area contributed by atoms with Gasteiger partial charge in [-0.25, -0.2) is 0 Å². The van der Waals surface area contributed by atoms with E-state index >= 15 is 0 Å². The van der Waals surface area contributed by atoms with Crippen molar-refractivity contribution in [2.24, 2.45) is 0 Å². The normalized spacial score (nSPS) is 16.8. The van der Waals surface area contributed by atoms with Crippen molar-refractivity contribution in [2.45, 2.75) is 53.6 Å². The van der Waals surface area contributed by atoms with Gasteiger partial charge < -0.3 is 0 Å². The summed E-state index contributed by atoms with van der Waals surface area (Å²) in [6, 6.07) is 8.84. The minimum absolute atomic E-state index is 0. The molecular weight excluding hydrogens is 410 g/mol. The Morgan fingerprint density at radius 2 is 1.73 bits per heavy atom. The summed E-state index contributed by atoms with van der Waals surface area (Å²) in [4.78, 5) is 0. The third-order valence-corrected chi connectivity index (χ3v) is 12.3. The van der Waals surface area contributed by atoms with E-state index in [9.17, 15) is 0 Å². The molecule has 5 heteroatoms. The monoisotopic (exact) mass is 436 g/mol. The van der Waals surface area contributed by atoms with E-state index < -0.39 is 31.6 Å². The summed E-state index contributed by atoms with van der Waals surface area (Å²) in [6.45, 7) is 14.0. The minimum Gasteiger partial charge on any atom is -0.147 e. The molecule has 0 fully saturated rings. The van der Waals surface area contributed by atoms with Crippen molar-refractivity contribution >= 4 is 39.2 Å². The fourth-order valence-electron chi connectivity index (χ4n) is 2.25. The van der Waals surface area contributed by atoms with Crippen LogP contribution in [0.5, 0.6) is 0 Å². The van der Waals surface area contributed by atoms with E-state index in [4.69, 9.17) is 4.43 Å². The molecule has 0 radical (unpaired) electrons. The fraction of sp³-hybridized carbons (Fsp3) is 0.529. The summed E-state index contributed by atoms with van der Waals surface area (Å²) in [5.74, 6) is 1.28. The molecule has 124 valence electrons. The van der Waals surface area contributed by atoms with Crippen molar-refractivity contribution in [2.75, 3.05) is 0 Å². The number of hydrogen-bond donors (Lipinski definition) is 0. The predicted octanol–water partition coefficient (Wildman–Crippen LogP) is 6.47. The molecule has 22 heavy (non-hydrogen) atoms. The van der Waals surface area contributed by atoms with E-state index in [1.807, 2.05) is 0 Å². The van der Waals surface area contributed by atoms with Crippen LogP contribution in [0.4, 0.5) is 0 Å². The molecule has 2 rings (SSSR count). The average Bonchev–Trinajstić information content (AvgIpc) is 2.66. The average molecular weight is 439 g/mol. The molecule has 1 nitrogen and oxygen atoms in total. The van der Waals surface area contributed by atoms with Crippen LogP contribution in [0.15, 0.2) is 30.0 Å². The zero-order valence-corrected chi connectivity index (χ0v) is 19.5. The molecule has 0 aliphatic heterocycles. The number of fused-ring (bicyclic) bond motifs is 1. The predicted molar refractivity (Wildman–Crippen MR) is 100 cm³/mol. The Hall–Kier alpha value is 0.440. The molecule has 1 aromatic carbocycles. The second kappa shape index (κ2) is 8.51. The number of hydrogen-bond acceptors (Lipinski definition) is 1. The molecule has 0 saturated heterocycles. The zero-order chi connectivity index (χ0) is 15.0. The quantitative estimate of drug-likeness (QED) is 0.490. The Morgan fingerprint density at radius 3 is 2.27 bits per heavy atom. The van der Waals surface area contributed by atoms with Crippen LogP contribution in [0.25, 0.3) is 6.08 Å². The van der Waals surface area contributed by atoms with Crippen molar-refractivity contribution in [3.63, 3.8) is 0 Å². The topological polar surface area (TPSA) is 9.23 Å². The molecule has 0 spiro atoms. The van der Waals surface area contributed by atoms with Crippen molar-refractivity contribution in [1.82, 2.24) is 0 Å². The van der Waals surface area contributed by atoms with Crippen molar-refractivity contribution < 1.29 is 27.7 Å². The number of halogens is 2. The molecule has 1 aliphatic rings. The van der Waals surface area contributed by atoms with Crippen LogP contribution in [0.2, 0.25) is 22.3 Å². The van der Waals surface area contributed by atoms with E-state index in [1.165, 1.54) is 21.0 Å². The summed E-state index contributed by atoms with van der Waals surface area (Å²) in [7, 11) is -1.72. The maximum Gasteiger partial charge on any atom is -0.147 e. The van der Waals surface area contributed by atoms with Crippen LogP contribution in [0.3, 0.4) is 0 Å². The maximum absolute atomic E-state index is 6.65. The van der Waals surface area contributed by atoms with Gasteiger partial charge in [-0.15, -0.1) is 24.8 Å². The Bertz CT molecular complexity index is 524. The Balaban J connectivity index is 0.00000220. The molecule has 0 amide bonds. The second-order valence-electron chi connectivity index (χ2n) is 7.03. The fourth-order valence-corrected chi connectivity index (χ4v) is 6.64. The summed E-state index contributed by atoms with van der Waals surface area (Å²) in [5, 5.41) is 0.268. The van der Waals surface area contributed by atoms with Gasteiger partial charge in [0.05, 0.1) is 0 Å². The first-order chi connectivity index (χ1) is 9.26. The van der Waals surface area contributed by atoms with Crippen LogP contribution >= 0.6 is 24.8 Å². The first-order valence-corrected chi connectivity index (χ1v) is 13.6. The van der Waals surface area contributed by atoms with Gasteiger partial charge in [0.15, 0.2) is 0 Å². The summed E-state index contributed by atoms with van der Waals surface area (Å²) in [6.07, 6.45) is 2.32. The number of benzene rings is 1. The first kappa shape index (κ1) is 22.4. The number of rotatable bonds is 4. The van der Waals surface area contributed by atoms with Gasteiger partial charge in [-0.05, 0) is 0 Å². The molecule has 1 aromatic rings. The second-order valence-corrected chi connectivity index (χ2v) is 15.9. The molecule has 0 saturated carbocycles. The third kappa shape index (κ3) is 4.72. The van der Waals surface area contributed by atoms with E-state index in [-0.39, 0.29) is 29.9 Å². The van der Waals surface area contributed by atoms with E-state index in [0.29, 0.717) is 3.63 Å². The molecule has 0 aromatic heterocycles. The smallest absolute Gasteiger partial charge is 0.147 e. The largest absolute Gasteiger partial charge is 0.147 e. The molecule has 1 aliphatic carbocycles. The van der Waals surface area contributed by atoms with Crippen LogP contribution < -0.4 is 0 Å². The molecular formula is C17H28Cl2OSiZr. The Morgan fingerprint density at radius 1 is 1.14 bits per heavy atom. The van der Waals surface area contributed by atoms with Gasteiger partial charge in [0, 0.05) is 0 Å². The van der Waals surface area contributed by atoms with Gasteiger partial charge in [0.1, 0.15) is 0 Å². The number of allylic oxidation sites excluding steroid dienone is 1. The van der Waals surface area contributed by atoms with E-state index in [1.54, 1.807) is 0 Å². The molecule has 0 bridgehead atoms. The first-order valence-electron chi connectivity index (χ1n) is 7.49. The van der Waals surface area contributed by atoms with Gasteiger partial charge in [-0.1, -0.05) is 0 Å². The summed E-state index contributed by atoms with van der Waals surface area (Å²) < 4.78 is 8.65. The molecule has 0 heterocycles. The third-order valence-electron chi connectivity index (χ3n) is 4.48. The van der Waals surface area contributed by atoms with Gasteiger partial charge in [0.25, 0.3) is 0 Å². The van der Waals surface area contributed by atoms with Crippen LogP contribution in [0, 0.1) is 0 Å². The van der Waals surface area contributed by atoms with Crippen molar-refractivity contribution in [3.05, 3.63) is 41.2 Å². The summed E-state index contributed by atoms with van der Waals surface area (Å²) in [5.41, 5.74) is 2.91. The van der Waals surface area contributed by atoms with Gasteiger partial charge in [-0.3, -0.25) is 0 Å². The van der Waals surface area contributed by atoms with E-state index in [0.717, 1.165) is 0 Å². The van der Waals surface area contributed by atoms with Gasteiger partial charge >= 0.3 is 137 Å². The maximum atomic E-state index is 6.65. The molecule has 1 atom stereocenters. The van der Waals surface area contributed by atoms with E-state index in [2.05, 4.69) is 71.1 Å². The Kier molecular flexibility index (Phi) is 8.68. The van der Waals surface area contributed by atoms with Gasteiger partial charge in [0.2, 0.25) is 0 Å². The van der Waals surface area contributed by atoms with Gasteiger partial charge in [-0.2, -0.15) is 0 Å². The zero-order valence-electron chi connectivity index (χ0n) is 14.4. The Labute approximate surface area is 160 Å². The van der Waals surface area contributed by atoms with Crippen LogP contribution in [-0.4, -0.2) is 8.32 Å². The summed E-state index contributed by atoms with van der Waals surface area (Å²) >= 11 is -0.437. The van der Waals surface area contributed by atoms with Crippen molar-refractivity contribution in [3.8, 4) is 0 Å². The van der Waals surface area contributed by atoms with Crippen LogP contribution in [-0.2, 0) is 27.7 Å². The SMILES string of the molecule is C[CH2][Zr][CH]1C(O[Si](C)(C)C(C)(C)C)=Cc2ccccc21.Cl.Cl. The molecule has 0 N–H and O–H groups in total. The van der Waals surface area contributed by atoms with Crippen LogP contribution in [0.1, 0.15) is 42.4 Å². The standard InChI is InChI=1S/C15H21OSi.C2H5.2ClH.Zr/c1-15(2,3)17(4,5)16-14-10-12-8-6-7-9-13(12)11-14;1-2;;;/h6-11H,1-5H3;1H2,2H3;2*1H;. The van der Waals surface area contributed by atoms with Crippen molar-refractivity contribution in [1.29, 1.82) is 0 Å². The molecule has 1 unspecified atom stereocenters. The minimum atomic E-state index is -1.72.